The Balaban J connectivity index is 1.54. The molecule has 5 aromatic rings. The zero-order chi connectivity index (χ0) is 32.5. The summed E-state index contributed by atoms with van der Waals surface area (Å²) in [5, 5.41) is 1.29. The summed E-state index contributed by atoms with van der Waals surface area (Å²) in [6.45, 7) is 0. The van der Waals surface area contributed by atoms with Crippen LogP contribution < -0.4 is 0 Å². The van der Waals surface area contributed by atoms with Gasteiger partial charge in [-0.15, -0.1) is 0 Å². The maximum atomic E-state index is 7.21. The maximum Gasteiger partial charge on any atom is 0.262 e. The van der Waals surface area contributed by atoms with Gasteiger partial charge in [-0.1, -0.05) is 169 Å². The van der Waals surface area contributed by atoms with Crippen molar-refractivity contribution < 1.29 is 0 Å². The number of benzene rings is 4. The number of hydrogen-bond acceptors (Lipinski definition) is 3. The molecule has 0 radical (unpaired) electrons. The van der Waals surface area contributed by atoms with Gasteiger partial charge in [0, 0.05) is 33.2 Å². The largest absolute Gasteiger partial charge is 0.278 e. The molecule has 0 fully saturated rings. The molecule has 6 heteroatoms. The Labute approximate surface area is 290 Å². The minimum absolute atomic E-state index is 0.0279. The molecule has 1 aliphatic heterocycles. The summed E-state index contributed by atoms with van der Waals surface area (Å²) in [5.74, 6) is -0.742. The monoisotopic (exact) mass is 662 g/mol. The highest BCUT2D eigenvalue weighted by molar-refractivity contribution is 6.50. The topological polar surface area (TPSA) is 42.5 Å². The Bertz CT molecular complexity index is 2160. The van der Waals surface area contributed by atoms with Crippen LogP contribution in [0.4, 0.5) is 0 Å². The fourth-order valence-corrected chi connectivity index (χ4v) is 7.38. The number of imidazole rings is 1. The smallest absolute Gasteiger partial charge is 0.262 e. The van der Waals surface area contributed by atoms with Crippen molar-refractivity contribution in [3.8, 4) is 22.5 Å². The second-order valence-corrected chi connectivity index (χ2v) is 12.9. The van der Waals surface area contributed by atoms with E-state index in [1.165, 1.54) is 0 Å². The highest BCUT2D eigenvalue weighted by atomic mass is 35.5. The summed E-state index contributed by atoms with van der Waals surface area (Å²) < 4.78 is 2.23. The maximum absolute atomic E-state index is 7.21. The number of aliphatic imine (C=N–C) groups is 2. The van der Waals surface area contributed by atoms with Gasteiger partial charge in [0.2, 0.25) is 0 Å². The van der Waals surface area contributed by atoms with Crippen LogP contribution >= 0.6 is 23.2 Å². The van der Waals surface area contributed by atoms with Gasteiger partial charge in [-0.25, -0.2) is 15.0 Å². The van der Waals surface area contributed by atoms with E-state index in [1.807, 2.05) is 78.9 Å². The number of aromatic nitrogens is 2. The molecule has 0 saturated carbocycles. The lowest BCUT2D eigenvalue weighted by Crippen LogP contribution is -2.33. The molecule has 3 aliphatic rings. The molecule has 3 unspecified atom stereocenters. The third kappa shape index (κ3) is 5.32. The van der Waals surface area contributed by atoms with E-state index < -0.39 is 5.79 Å². The van der Waals surface area contributed by atoms with E-state index in [1.54, 1.807) is 0 Å². The molecule has 0 spiro atoms. The van der Waals surface area contributed by atoms with Crippen LogP contribution in [0, 0.1) is 5.92 Å². The first-order valence-electron chi connectivity index (χ1n) is 16.2. The van der Waals surface area contributed by atoms with Crippen molar-refractivity contribution in [3.63, 3.8) is 0 Å². The SMILES string of the molecule is ClC1=CC=CCC1c1nc(-c2ccccc2)c(-c2ccccc2)n1C1(c2ccccc2Cl)N=C(c2ccccc2)C(C2C=CC=CC2)=N1. The lowest BCUT2D eigenvalue weighted by molar-refractivity contribution is 0.384. The number of hydrogen-bond donors (Lipinski definition) is 0. The Kier molecular flexibility index (Phi) is 8.13. The predicted octanol–water partition coefficient (Wildman–Crippen LogP) is 10.8. The van der Waals surface area contributed by atoms with Crippen LogP contribution in [-0.4, -0.2) is 21.0 Å². The second kappa shape index (κ2) is 12.9. The normalized spacial score (nSPS) is 21.6. The average Bonchev–Trinajstić information content (AvgIpc) is 3.75. The van der Waals surface area contributed by atoms with Crippen molar-refractivity contribution in [2.75, 3.05) is 0 Å². The van der Waals surface area contributed by atoms with E-state index in [-0.39, 0.29) is 11.8 Å². The minimum atomic E-state index is -1.33. The molecule has 2 heterocycles. The quantitative estimate of drug-likeness (QED) is 0.171. The molecule has 0 saturated heterocycles. The van der Waals surface area contributed by atoms with Gasteiger partial charge >= 0.3 is 0 Å². The van der Waals surface area contributed by atoms with Crippen molar-refractivity contribution in [3.05, 3.63) is 185 Å². The van der Waals surface area contributed by atoms with Gasteiger partial charge in [0.1, 0.15) is 5.82 Å². The van der Waals surface area contributed by atoms with Crippen molar-refractivity contribution in [1.29, 1.82) is 0 Å². The van der Waals surface area contributed by atoms with E-state index in [0.717, 1.165) is 57.3 Å². The summed E-state index contributed by atoms with van der Waals surface area (Å²) in [6.07, 6.45) is 16.2. The summed E-state index contributed by atoms with van der Waals surface area (Å²) in [7, 11) is 0. The molecule has 1 aromatic heterocycles. The standard InChI is InChI=1S/C42H32Cl2N4/c43-35-27-15-13-25-33(35)41-45-39(31-21-9-3-10-22-31)40(32-23-11-4-12-24-32)48(41)42(34-26-14-16-28-36(34)44)46-37(29-17-5-1-6-18-29)38(47-42)30-19-7-2-8-20-30/h1-19,21-24,26-28,30,33H,20,25H2. The van der Waals surface area contributed by atoms with Crippen LogP contribution in [-0.2, 0) is 5.79 Å². The molecule has 2 aliphatic carbocycles. The molecule has 3 atom stereocenters. The first-order chi connectivity index (χ1) is 23.6. The van der Waals surface area contributed by atoms with Gasteiger partial charge in [0.25, 0.3) is 5.79 Å². The Morgan fingerprint density at radius 2 is 1.29 bits per heavy atom. The summed E-state index contributed by atoms with van der Waals surface area (Å²) in [5.41, 5.74) is 7.24. The van der Waals surface area contributed by atoms with Gasteiger partial charge in [-0.3, -0.25) is 4.57 Å². The van der Waals surface area contributed by atoms with Crippen LogP contribution in [0.2, 0.25) is 5.02 Å². The molecule has 48 heavy (non-hydrogen) atoms. The highest BCUT2D eigenvalue weighted by Crippen LogP contribution is 2.49. The van der Waals surface area contributed by atoms with Crippen LogP contribution in [0.1, 0.15) is 35.7 Å². The predicted molar refractivity (Wildman–Crippen MR) is 199 cm³/mol. The highest BCUT2D eigenvalue weighted by Gasteiger charge is 2.47. The molecular weight excluding hydrogens is 631 g/mol. The van der Waals surface area contributed by atoms with Gasteiger partial charge in [0.15, 0.2) is 0 Å². The molecule has 234 valence electrons. The molecular formula is C42H32Cl2N4. The van der Waals surface area contributed by atoms with Crippen molar-refractivity contribution in [2.45, 2.75) is 24.5 Å². The lowest BCUT2D eigenvalue weighted by Gasteiger charge is -2.32. The first kappa shape index (κ1) is 30.3. The summed E-state index contributed by atoms with van der Waals surface area (Å²) in [4.78, 5) is 17.0. The van der Waals surface area contributed by atoms with Crippen molar-refractivity contribution in [1.82, 2.24) is 9.55 Å². The fourth-order valence-electron chi connectivity index (χ4n) is 6.86. The van der Waals surface area contributed by atoms with Gasteiger partial charge < -0.3 is 0 Å². The van der Waals surface area contributed by atoms with Crippen molar-refractivity contribution in [2.24, 2.45) is 15.9 Å². The third-order valence-electron chi connectivity index (χ3n) is 9.12. The first-order valence-corrected chi connectivity index (χ1v) is 17.0. The lowest BCUT2D eigenvalue weighted by atomic mass is 9.90. The number of rotatable bonds is 7. The average molecular weight is 664 g/mol. The molecule has 0 bridgehead atoms. The van der Waals surface area contributed by atoms with E-state index in [0.29, 0.717) is 16.5 Å². The fraction of sp³-hybridized carbons (Fsp3) is 0.119. The van der Waals surface area contributed by atoms with E-state index >= 15 is 0 Å². The molecule has 4 aromatic carbocycles. The van der Waals surface area contributed by atoms with E-state index in [4.69, 9.17) is 38.2 Å². The van der Waals surface area contributed by atoms with Crippen LogP contribution in [0.5, 0.6) is 0 Å². The van der Waals surface area contributed by atoms with E-state index in [9.17, 15) is 0 Å². The van der Waals surface area contributed by atoms with Gasteiger partial charge in [-0.2, -0.15) is 0 Å². The number of nitrogens with zero attached hydrogens (tertiary/aromatic N) is 4. The molecule has 8 rings (SSSR count). The van der Waals surface area contributed by atoms with Crippen LogP contribution in [0.3, 0.4) is 0 Å². The second-order valence-electron chi connectivity index (χ2n) is 12.1. The zero-order valence-corrected chi connectivity index (χ0v) is 27.6. The van der Waals surface area contributed by atoms with Crippen LogP contribution in [0.25, 0.3) is 22.5 Å². The zero-order valence-electron chi connectivity index (χ0n) is 26.1. The Morgan fingerprint density at radius 3 is 1.96 bits per heavy atom. The minimum Gasteiger partial charge on any atom is -0.278 e. The Morgan fingerprint density at radius 1 is 0.646 bits per heavy atom. The Hall–Kier alpha value is -5.03. The summed E-state index contributed by atoms with van der Waals surface area (Å²) >= 11 is 14.3. The van der Waals surface area contributed by atoms with Gasteiger partial charge in [-0.05, 0) is 25.0 Å². The van der Waals surface area contributed by atoms with Gasteiger partial charge in [0.05, 0.1) is 33.8 Å². The molecule has 4 nitrogen and oxygen atoms in total. The third-order valence-corrected chi connectivity index (χ3v) is 9.84. The summed E-state index contributed by atoms with van der Waals surface area (Å²) in [6, 6.07) is 38.9. The van der Waals surface area contributed by atoms with E-state index in [2.05, 4.69) is 83.5 Å². The molecule has 0 N–H and O–H groups in total. The molecule has 0 amide bonds. The number of allylic oxidation sites excluding steroid dienone is 8. The van der Waals surface area contributed by atoms with Crippen molar-refractivity contribution >= 4 is 34.6 Å². The van der Waals surface area contributed by atoms with Crippen LogP contribution in [0.15, 0.2) is 173 Å². The number of halogens is 2.